The number of esters is 1. The van der Waals surface area contributed by atoms with Crippen LogP contribution in [0, 0.1) is 0 Å². The molecule has 1 amide bonds. The fraction of sp³-hybridized carbons (Fsp3) is 0.250. The van der Waals surface area contributed by atoms with Crippen LogP contribution in [0.3, 0.4) is 0 Å². The third-order valence-corrected chi connectivity index (χ3v) is 5.73. The van der Waals surface area contributed by atoms with Gasteiger partial charge in [0.2, 0.25) is 0 Å². The van der Waals surface area contributed by atoms with Crippen molar-refractivity contribution in [2.75, 3.05) is 11.9 Å². The van der Waals surface area contributed by atoms with E-state index in [0.717, 1.165) is 23.3 Å². The number of oxime groups is 1. The van der Waals surface area contributed by atoms with Crippen molar-refractivity contribution in [1.29, 1.82) is 0 Å². The topological polar surface area (TPSA) is 112 Å². The average molecular weight is 488 g/mol. The minimum atomic E-state index is -0.256. The molecule has 1 unspecified atom stereocenters. The maximum absolute atomic E-state index is 12.7. The number of amidine groups is 1. The largest absolute Gasteiger partial charge is 0.490 e. The normalized spacial score (nSPS) is 14.8. The first-order chi connectivity index (χ1) is 17.5. The van der Waals surface area contributed by atoms with Crippen LogP contribution in [-0.2, 0) is 27.4 Å². The molecule has 1 atom stereocenters. The van der Waals surface area contributed by atoms with E-state index in [9.17, 15) is 9.59 Å². The van der Waals surface area contributed by atoms with Gasteiger partial charge >= 0.3 is 5.97 Å². The predicted octanol–water partition coefficient (Wildman–Crippen LogP) is 4.42. The van der Waals surface area contributed by atoms with Crippen molar-refractivity contribution in [3.63, 3.8) is 0 Å². The lowest BCUT2D eigenvalue weighted by atomic mass is 10.00. The molecule has 0 saturated carbocycles. The molecule has 0 fully saturated rings. The zero-order valence-corrected chi connectivity index (χ0v) is 20.1. The molecule has 0 bridgehead atoms. The molecule has 3 aromatic rings. The van der Waals surface area contributed by atoms with Crippen LogP contribution in [0.4, 0.5) is 5.69 Å². The minimum absolute atomic E-state index is 0.199. The molecule has 1 aliphatic rings. The summed E-state index contributed by atoms with van der Waals surface area (Å²) in [6.45, 7) is 2.46. The molecule has 0 saturated heterocycles. The molecule has 1 heterocycles. The summed E-state index contributed by atoms with van der Waals surface area (Å²) in [6, 6.07) is 22.0. The van der Waals surface area contributed by atoms with E-state index in [-0.39, 0.29) is 30.2 Å². The lowest BCUT2D eigenvalue weighted by Crippen LogP contribution is -2.26. The van der Waals surface area contributed by atoms with Crippen molar-refractivity contribution in [1.82, 2.24) is 0 Å². The van der Waals surface area contributed by atoms with E-state index in [2.05, 4.69) is 10.5 Å². The van der Waals surface area contributed by atoms with Crippen LogP contribution in [-0.4, -0.2) is 30.4 Å². The molecule has 1 aliphatic heterocycles. The van der Waals surface area contributed by atoms with Crippen molar-refractivity contribution in [3.8, 4) is 5.75 Å². The number of amides is 1. The van der Waals surface area contributed by atoms with Crippen molar-refractivity contribution in [2.45, 2.75) is 38.9 Å². The zero-order valence-electron chi connectivity index (χ0n) is 20.1. The summed E-state index contributed by atoms with van der Waals surface area (Å²) in [6.07, 6.45) is 1.50. The number of nitrogens with zero attached hydrogens (tertiary/aromatic N) is 1. The summed E-state index contributed by atoms with van der Waals surface area (Å²) < 4.78 is 10.9. The Bertz CT molecular complexity index is 1230. The van der Waals surface area contributed by atoms with E-state index in [1.54, 1.807) is 37.3 Å². The lowest BCUT2D eigenvalue weighted by molar-refractivity contribution is -0.145. The number of nitrogens with two attached hydrogens (primary N) is 1. The summed E-state index contributed by atoms with van der Waals surface area (Å²) in [4.78, 5) is 29.8. The van der Waals surface area contributed by atoms with Crippen LogP contribution in [0.2, 0.25) is 0 Å². The van der Waals surface area contributed by atoms with E-state index in [1.807, 2.05) is 42.5 Å². The smallest absolute Gasteiger partial charge is 0.309 e. The van der Waals surface area contributed by atoms with Crippen molar-refractivity contribution in [3.05, 3.63) is 95.1 Å². The van der Waals surface area contributed by atoms with E-state index >= 15 is 0 Å². The van der Waals surface area contributed by atoms with Gasteiger partial charge in [-0.05, 0) is 61.2 Å². The van der Waals surface area contributed by atoms with Gasteiger partial charge in [0, 0.05) is 16.8 Å². The first-order valence-corrected chi connectivity index (χ1v) is 11.9. The standard InChI is InChI=1S/C28H29N3O5/c1-2-34-26(32)17-24-14-12-22-16-23(13-15-25(22)36-24)30-28(33)21-10-8-20(9-11-21)27(29)31-35-18-19-6-4-3-5-7-19/h3-11,13,15-16,24H,2,12,14,17-18H2,1H3,(H2,29,31)(H,30,33). The molecular weight excluding hydrogens is 458 g/mol. The summed E-state index contributed by atoms with van der Waals surface area (Å²) in [5.41, 5.74) is 9.81. The van der Waals surface area contributed by atoms with Gasteiger partial charge in [0.25, 0.3) is 5.91 Å². The number of anilines is 1. The fourth-order valence-corrected chi connectivity index (χ4v) is 3.87. The van der Waals surface area contributed by atoms with E-state index in [4.69, 9.17) is 20.0 Å². The van der Waals surface area contributed by atoms with Crippen molar-refractivity contribution < 1.29 is 23.9 Å². The predicted molar refractivity (Wildman–Crippen MR) is 137 cm³/mol. The summed E-state index contributed by atoms with van der Waals surface area (Å²) >= 11 is 0. The van der Waals surface area contributed by atoms with E-state index in [0.29, 0.717) is 36.4 Å². The number of rotatable bonds is 9. The molecule has 0 spiro atoms. The Morgan fingerprint density at radius 2 is 1.81 bits per heavy atom. The maximum Gasteiger partial charge on any atom is 0.309 e. The molecule has 186 valence electrons. The molecule has 3 aromatic carbocycles. The molecule has 0 aromatic heterocycles. The van der Waals surface area contributed by atoms with Gasteiger partial charge in [-0.2, -0.15) is 0 Å². The number of aryl methyl sites for hydroxylation is 1. The number of nitrogens with one attached hydrogen (secondary N) is 1. The van der Waals surface area contributed by atoms with Crippen LogP contribution in [0.1, 0.15) is 46.8 Å². The Morgan fingerprint density at radius 1 is 1.06 bits per heavy atom. The fourth-order valence-electron chi connectivity index (χ4n) is 3.87. The monoisotopic (exact) mass is 487 g/mol. The van der Waals surface area contributed by atoms with E-state index < -0.39 is 0 Å². The second-order valence-corrected chi connectivity index (χ2v) is 8.38. The Morgan fingerprint density at radius 3 is 2.56 bits per heavy atom. The highest BCUT2D eigenvalue weighted by molar-refractivity contribution is 6.05. The number of fused-ring (bicyclic) bond motifs is 1. The number of carbonyl (C=O) groups excluding carboxylic acids is 2. The van der Waals surface area contributed by atoms with Gasteiger partial charge in [0.05, 0.1) is 13.0 Å². The van der Waals surface area contributed by atoms with Crippen LogP contribution >= 0.6 is 0 Å². The van der Waals surface area contributed by atoms with Gasteiger partial charge in [-0.1, -0.05) is 47.6 Å². The lowest BCUT2D eigenvalue weighted by Gasteiger charge is -2.26. The van der Waals surface area contributed by atoms with Crippen LogP contribution in [0.25, 0.3) is 0 Å². The number of carbonyl (C=O) groups is 2. The molecule has 4 rings (SSSR count). The first-order valence-electron chi connectivity index (χ1n) is 11.9. The number of hydrogen-bond acceptors (Lipinski definition) is 6. The van der Waals surface area contributed by atoms with Gasteiger partial charge in [-0.3, -0.25) is 9.59 Å². The molecule has 8 nitrogen and oxygen atoms in total. The van der Waals surface area contributed by atoms with Gasteiger partial charge in [0.15, 0.2) is 5.84 Å². The third kappa shape index (κ3) is 6.63. The summed E-state index contributed by atoms with van der Waals surface area (Å²) in [5, 5.41) is 6.87. The SMILES string of the molecule is CCOC(=O)CC1CCc2cc(NC(=O)c3ccc(C(N)=NOCc4ccccc4)cc3)ccc2O1. The number of ether oxygens (including phenoxy) is 2. The molecule has 3 N–H and O–H groups in total. The molecule has 0 radical (unpaired) electrons. The maximum atomic E-state index is 12.7. The Labute approximate surface area is 210 Å². The first kappa shape index (κ1) is 24.8. The highest BCUT2D eigenvalue weighted by Crippen LogP contribution is 2.31. The molecular formula is C28H29N3O5. The number of benzene rings is 3. The average Bonchev–Trinajstić information content (AvgIpc) is 2.89. The highest BCUT2D eigenvalue weighted by atomic mass is 16.6. The van der Waals surface area contributed by atoms with Gasteiger partial charge in [0.1, 0.15) is 18.5 Å². The molecule has 36 heavy (non-hydrogen) atoms. The summed E-state index contributed by atoms with van der Waals surface area (Å²) in [5.74, 6) is 0.457. The summed E-state index contributed by atoms with van der Waals surface area (Å²) in [7, 11) is 0. The van der Waals surface area contributed by atoms with Gasteiger partial charge in [-0.25, -0.2) is 0 Å². The van der Waals surface area contributed by atoms with E-state index in [1.165, 1.54) is 0 Å². The van der Waals surface area contributed by atoms with Crippen molar-refractivity contribution in [2.24, 2.45) is 10.9 Å². The second-order valence-electron chi connectivity index (χ2n) is 8.38. The van der Waals surface area contributed by atoms with Crippen LogP contribution in [0.15, 0.2) is 78.0 Å². The number of hydrogen-bond donors (Lipinski definition) is 2. The molecule has 0 aliphatic carbocycles. The van der Waals surface area contributed by atoms with Gasteiger partial charge < -0.3 is 25.4 Å². The van der Waals surface area contributed by atoms with Crippen LogP contribution in [0.5, 0.6) is 5.75 Å². The quantitative estimate of drug-likeness (QED) is 0.200. The Balaban J connectivity index is 1.32. The molecule has 8 heteroatoms. The Hall–Kier alpha value is -4.33. The third-order valence-electron chi connectivity index (χ3n) is 5.73. The zero-order chi connectivity index (χ0) is 25.3. The van der Waals surface area contributed by atoms with Crippen molar-refractivity contribution >= 4 is 23.4 Å². The minimum Gasteiger partial charge on any atom is -0.490 e. The van der Waals surface area contributed by atoms with Crippen LogP contribution < -0.4 is 15.8 Å². The van der Waals surface area contributed by atoms with Gasteiger partial charge in [-0.15, -0.1) is 0 Å². The second kappa shape index (κ2) is 11.9. The Kier molecular flexibility index (Phi) is 8.18. The highest BCUT2D eigenvalue weighted by Gasteiger charge is 2.23.